The molecule has 0 aliphatic carbocycles. The van der Waals surface area contributed by atoms with Crippen molar-refractivity contribution in [1.82, 2.24) is 20.2 Å². The van der Waals surface area contributed by atoms with Crippen LogP contribution in [0.3, 0.4) is 0 Å². The van der Waals surface area contributed by atoms with Gasteiger partial charge in [0.2, 0.25) is 5.95 Å². The largest absolute Gasteiger partial charge is 0.455 e. The Morgan fingerprint density at radius 3 is 2.74 bits per heavy atom. The van der Waals surface area contributed by atoms with Gasteiger partial charge in [0.1, 0.15) is 11.5 Å². The molecule has 0 aliphatic rings. The van der Waals surface area contributed by atoms with E-state index >= 15 is 0 Å². The van der Waals surface area contributed by atoms with Crippen LogP contribution in [-0.2, 0) is 0 Å². The van der Waals surface area contributed by atoms with Crippen molar-refractivity contribution in [3.8, 4) is 22.9 Å². The SMILES string of the molecule is Cc1cccc(Nc2n[nH]c(-c3ccc(C)c(Oc4cccnc4)c3)n2)c1. The highest BCUT2D eigenvalue weighted by Crippen LogP contribution is 2.29. The molecule has 0 aliphatic heterocycles. The fraction of sp³-hybridized carbons (Fsp3) is 0.0952. The lowest BCUT2D eigenvalue weighted by Crippen LogP contribution is -1.92. The third-order valence-electron chi connectivity index (χ3n) is 4.08. The molecule has 0 atom stereocenters. The van der Waals surface area contributed by atoms with E-state index in [2.05, 4.69) is 25.5 Å². The minimum atomic E-state index is 0.519. The highest BCUT2D eigenvalue weighted by atomic mass is 16.5. The smallest absolute Gasteiger partial charge is 0.246 e. The molecule has 0 saturated carbocycles. The molecule has 0 spiro atoms. The minimum Gasteiger partial charge on any atom is -0.455 e. The fourth-order valence-corrected chi connectivity index (χ4v) is 2.69. The molecule has 0 unspecified atom stereocenters. The molecule has 0 amide bonds. The van der Waals surface area contributed by atoms with Crippen LogP contribution >= 0.6 is 0 Å². The highest BCUT2D eigenvalue weighted by molar-refractivity contribution is 5.62. The number of ether oxygens (including phenoxy) is 1. The molecule has 4 rings (SSSR count). The lowest BCUT2D eigenvalue weighted by molar-refractivity contribution is 0.477. The van der Waals surface area contributed by atoms with E-state index in [-0.39, 0.29) is 0 Å². The number of aromatic nitrogens is 4. The van der Waals surface area contributed by atoms with Crippen molar-refractivity contribution in [3.05, 3.63) is 78.1 Å². The van der Waals surface area contributed by atoms with Crippen molar-refractivity contribution in [2.45, 2.75) is 13.8 Å². The number of hydrogen-bond acceptors (Lipinski definition) is 5. The number of anilines is 2. The molecule has 2 aromatic heterocycles. The summed E-state index contributed by atoms with van der Waals surface area (Å²) in [5.41, 5.74) is 4.04. The van der Waals surface area contributed by atoms with E-state index in [1.54, 1.807) is 12.4 Å². The van der Waals surface area contributed by atoms with Gasteiger partial charge in [-0.3, -0.25) is 10.1 Å². The maximum absolute atomic E-state index is 5.95. The Hall–Kier alpha value is -3.67. The zero-order chi connectivity index (χ0) is 18.6. The van der Waals surface area contributed by atoms with Gasteiger partial charge in [-0.25, -0.2) is 0 Å². The van der Waals surface area contributed by atoms with E-state index in [0.29, 0.717) is 17.5 Å². The summed E-state index contributed by atoms with van der Waals surface area (Å²) in [6.45, 7) is 4.05. The molecule has 6 nitrogen and oxygen atoms in total. The van der Waals surface area contributed by atoms with Crippen LogP contribution in [0.25, 0.3) is 11.4 Å². The second-order valence-corrected chi connectivity index (χ2v) is 6.27. The Balaban J connectivity index is 1.57. The van der Waals surface area contributed by atoms with Crippen LogP contribution in [-0.4, -0.2) is 20.2 Å². The van der Waals surface area contributed by atoms with Crippen LogP contribution in [0, 0.1) is 13.8 Å². The van der Waals surface area contributed by atoms with Crippen molar-refractivity contribution in [3.63, 3.8) is 0 Å². The van der Waals surface area contributed by atoms with Crippen LogP contribution in [0.4, 0.5) is 11.6 Å². The highest BCUT2D eigenvalue weighted by Gasteiger charge is 2.10. The number of nitrogens with zero attached hydrogens (tertiary/aromatic N) is 3. The van der Waals surface area contributed by atoms with Gasteiger partial charge >= 0.3 is 0 Å². The number of aromatic amines is 1. The number of H-pyrrole nitrogens is 1. The Bertz CT molecular complexity index is 1060. The molecule has 2 aromatic carbocycles. The van der Waals surface area contributed by atoms with E-state index in [1.807, 2.05) is 68.4 Å². The third-order valence-corrected chi connectivity index (χ3v) is 4.08. The lowest BCUT2D eigenvalue weighted by Gasteiger charge is -2.09. The van der Waals surface area contributed by atoms with Gasteiger partial charge in [0.05, 0.1) is 6.20 Å². The first-order valence-corrected chi connectivity index (χ1v) is 8.62. The topological polar surface area (TPSA) is 75.7 Å². The van der Waals surface area contributed by atoms with E-state index in [9.17, 15) is 0 Å². The molecular formula is C21H19N5O. The maximum Gasteiger partial charge on any atom is 0.246 e. The molecule has 0 bridgehead atoms. The predicted molar refractivity (Wildman–Crippen MR) is 105 cm³/mol. The Kier molecular flexibility index (Phi) is 4.53. The molecule has 0 radical (unpaired) electrons. The van der Waals surface area contributed by atoms with Crippen molar-refractivity contribution in [2.75, 3.05) is 5.32 Å². The normalized spacial score (nSPS) is 10.6. The second-order valence-electron chi connectivity index (χ2n) is 6.27. The number of pyridine rings is 1. The van der Waals surface area contributed by atoms with Crippen molar-refractivity contribution in [2.24, 2.45) is 0 Å². The van der Waals surface area contributed by atoms with Crippen LogP contribution < -0.4 is 10.1 Å². The number of benzene rings is 2. The molecular weight excluding hydrogens is 338 g/mol. The van der Waals surface area contributed by atoms with Crippen molar-refractivity contribution in [1.29, 1.82) is 0 Å². The summed E-state index contributed by atoms with van der Waals surface area (Å²) in [4.78, 5) is 8.62. The van der Waals surface area contributed by atoms with Crippen LogP contribution in [0.2, 0.25) is 0 Å². The first-order valence-electron chi connectivity index (χ1n) is 8.62. The molecule has 2 heterocycles. The summed E-state index contributed by atoms with van der Waals surface area (Å²) < 4.78 is 5.95. The molecule has 134 valence electrons. The van der Waals surface area contributed by atoms with E-state index in [0.717, 1.165) is 22.6 Å². The standard InChI is InChI=1S/C21H19N5O/c1-14-5-3-6-17(11-14)23-21-24-20(25-26-21)16-9-8-15(2)19(12-16)27-18-7-4-10-22-13-18/h3-13H,1-2H3,(H2,23,24,25,26). The van der Waals surface area contributed by atoms with Gasteiger partial charge in [-0.2, -0.15) is 4.98 Å². The van der Waals surface area contributed by atoms with Crippen LogP contribution in [0.5, 0.6) is 11.5 Å². The van der Waals surface area contributed by atoms with Crippen molar-refractivity contribution < 1.29 is 4.74 Å². The van der Waals surface area contributed by atoms with Crippen LogP contribution in [0.15, 0.2) is 67.0 Å². The summed E-state index contributed by atoms with van der Waals surface area (Å²) in [7, 11) is 0. The first-order chi connectivity index (χ1) is 13.2. The molecule has 0 fully saturated rings. The molecule has 2 N–H and O–H groups in total. The van der Waals surface area contributed by atoms with Gasteiger partial charge in [0.25, 0.3) is 0 Å². The zero-order valence-corrected chi connectivity index (χ0v) is 15.1. The summed E-state index contributed by atoms with van der Waals surface area (Å²) in [6, 6.07) is 17.7. The summed E-state index contributed by atoms with van der Waals surface area (Å²) in [6.07, 6.45) is 3.40. The van der Waals surface area contributed by atoms with Gasteiger partial charge in [0.15, 0.2) is 5.82 Å². The third kappa shape index (κ3) is 3.95. The first kappa shape index (κ1) is 16.8. The second kappa shape index (κ2) is 7.29. The lowest BCUT2D eigenvalue weighted by atomic mass is 10.1. The molecule has 4 aromatic rings. The van der Waals surface area contributed by atoms with Crippen molar-refractivity contribution >= 4 is 11.6 Å². The number of nitrogens with one attached hydrogen (secondary N) is 2. The Labute approximate surface area is 157 Å². The quantitative estimate of drug-likeness (QED) is 0.524. The summed E-state index contributed by atoms with van der Waals surface area (Å²) in [5.74, 6) is 2.63. The predicted octanol–water partition coefficient (Wildman–Crippen LogP) is 5.02. The molecule has 27 heavy (non-hydrogen) atoms. The van der Waals surface area contributed by atoms with Gasteiger partial charge < -0.3 is 10.1 Å². The van der Waals surface area contributed by atoms with Gasteiger partial charge in [-0.15, -0.1) is 5.10 Å². The molecule has 0 saturated heterocycles. The minimum absolute atomic E-state index is 0.519. The van der Waals surface area contributed by atoms with Gasteiger partial charge in [-0.05, 0) is 55.3 Å². The summed E-state index contributed by atoms with van der Waals surface area (Å²) in [5, 5.41) is 10.4. The molecule has 6 heteroatoms. The fourth-order valence-electron chi connectivity index (χ4n) is 2.69. The zero-order valence-electron chi connectivity index (χ0n) is 15.1. The maximum atomic E-state index is 5.95. The summed E-state index contributed by atoms with van der Waals surface area (Å²) >= 11 is 0. The average molecular weight is 357 g/mol. The van der Waals surface area contributed by atoms with E-state index in [4.69, 9.17) is 4.74 Å². The number of aryl methyl sites for hydroxylation is 2. The number of rotatable bonds is 5. The van der Waals surface area contributed by atoms with Gasteiger partial charge in [0, 0.05) is 17.4 Å². The Morgan fingerprint density at radius 2 is 1.93 bits per heavy atom. The monoisotopic (exact) mass is 357 g/mol. The van der Waals surface area contributed by atoms with Crippen LogP contribution in [0.1, 0.15) is 11.1 Å². The Morgan fingerprint density at radius 1 is 1.00 bits per heavy atom. The average Bonchev–Trinajstić information content (AvgIpc) is 3.13. The van der Waals surface area contributed by atoms with E-state index < -0.39 is 0 Å². The number of hydrogen-bond donors (Lipinski definition) is 2. The van der Waals surface area contributed by atoms with Gasteiger partial charge in [-0.1, -0.05) is 24.3 Å². The van der Waals surface area contributed by atoms with E-state index in [1.165, 1.54) is 5.56 Å².